The Morgan fingerprint density at radius 3 is 3.12 bits per heavy atom. The van der Waals surface area contributed by atoms with Crippen LogP contribution in [0, 0.1) is 11.3 Å². The van der Waals surface area contributed by atoms with Gasteiger partial charge in [0, 0.05) is 37.2 Å². The van der Waals surface area contributed by atoms with Crippen molar-refractivity contribution in [3.63, 3.8) is 0 Å². The van der Waals surface area contributed by atoms with Gasteiger partial charge in [0.05, 0.1) is 0 Å². The average molecular weight is 226 g/mol. The van der Waals surface area contributed by atoms with Crippen LogP contribution >= 0.6 is 0 Å². The largest absolute Gasteiger partial charge is 0.349 e. The van der Waals surface area contributed by atoms with Gasteiger partial charge in [0.1, 0.15) is 11.8 Å². The molecule has 4 heteroatoms. The van der Waals surface area contributed by atoms with E-state index in [4.69, 9.17) is 5.26 Å². The quantitative estimate of drug-likeness (QED) is 0.860. The summed E-state index contributed by atoms with van der Waals surface area (Å²) in [6.45, 7) is 1.53. The molecule has 0 amide bonds. The van der Waals surface area contributed by atoms with E-state index >= 15 is 0 Å². The molecule has 17 heavy (non-hydrogen) atoms. The molecular formula is C13H14N4. The molecule has 4 nitrogen and oxygen atoms in total. The lowest BCUT2D eigenvalue weighted by Crippen LogP contribution is -2.04. The molecule has 0 radical (unpaired) electrons. The van der Waals surface area contributed by atoms with Gasteiger partial charge in [-0.3, -0.25) is 0 Å². The molecule has 2 aromatic rings. The molecule has 2 aromatic heterocycles. The summed E-state index contributed by atoms with van der Waals surface area (Å²) in [7, 11) is 1.92. The van der Waals surface area contributed by atoms with E-state index in [9.17, 15) is 0 Å². The molecular weight excluding hydrogens is 212 g/mol. The number of rotatable bonds is 4. The van der Waals surface area contributed by atoms with Crippen molar-refractivity contribution in [3.8, 4) is 6.07 Å². The van der Waals surface area contributed by atoms with Crippen LogP contribution in [0.5, 0.6) is 0 Å². The van der Waals surface area contributed by atoms with E-state index in [0.29, 0.717) is 12.2 Å². The molecule has 0 aliphatic heterocycles. The van der Waals surface area contributed by atoms with Crippen molar-refractivity contribution in [2.24, 2.45) is 0 Å². The SMILES string of the molecule is CNCc1ccn(Cc2cccnc2C#N)c1. The lowest BCUT2D eigenvalue weighted by molar-refractivity contribution is 0.778. The first-order valence-electron chi connectivity index (χ1n) is 5.46. The number of nitrogens with zero attached hydrogens (tertiary/aromatic N) is 3. The molecule has 1 N–H and O–H groups in total. The third-order valence-corrected chi connectivity index (χ3v) is 2.54. The number of pyridine rings is 1. The fourth-order valence-electron chi connectivity index (χ4n) is 1.76. The first-order chi connectivity index (χ1) is 8.33. The van der Waals surface area contributed by atoms with Crippen molar-refractivity contribution in [1.29, 1.82) is 5.26 Å². The molecule has 2 heterocycles. The minimum Gasteiger partial charge on any atom is -0.349 e. The third-order valence-electron chi connectivity index (χ3n) is 2.54. The number of hydrogen-bond acceptors (Lipinski definition) is 3. The standard InChI is InChI=1S/C13H14N4/c1-15-8-11-4-6-17(9-11)10-12-3-2-5-16-13(12)7-14/h2-6,9,15H,8,10H2,1H3. The Hall–Kier alpha value is -2.12. The van der Waals surface area contributed by atoms with Gasteiger partial charge in [-0.05, 0) is 24.7 Å². The highest BCUT2D eigenvalue weighted by molar-refractivity contribution is 5.31. The van der Waals surface area contributed by atoms with Gasteiger partial charge in [0.15, 0.2) is 0 Å². The summed E-state index contributed by atoms with van der Waals surface area (Å²) in [5.41, 5.74) is 2.67. The van der Waals surface area contributed by atoms with Gasteiger partial charge in [-0.25, -0.2) is 4.98 Å². The summed E-state index contributed by atoms with van der Waals surface area (Å²) >= 11 is 0. The van der Waals surface area contributed by atoms with Crippen molar-refractivity contribution < 1.29 is 0 Å². The maximum atomic E-state index is 8.95. The van der Waals surface area contributed by atoms with Crippen LogP contribution in [0.3, 0.4) is 0 Å². The van der Waals surface area contributed by atoms with E-state index in [1.54, 1.807) is 6.20 Å². The Morgan fingerprint density at radius 2 is 2.35 bits per heavy atom. The molecule has 0 saturated heterocycles. The fourth-order valence-corrected chi connectivity index (χ4v) is 1.76. The predicted octanol–water partition coefficient (Wildman–Crippen LogP) is 1.52. The summed E-state index contributed by atoms with van der Waals surface area (Å²) in [6, 6.07) is 7.97. The monoisotopic (exact) mass is 226 g/mol. The first kappa shape index (κ1) is 11.4. The highest BCUT2D eigenvalue weighted by Gasteiger charge is 2.03. The number of hydrogen-bond donors (Lipinski definition) is 1. The van der Waals surface area contributed by atoms with E-state index in [-0.39, 0.29) is 0 Å². The Bertz CT molecular complexity index is 536. The summed E-state index contributed by atoms with van der Waals surface area (Å²) in [5, 5.41) is 12.1. The Kier molecular flexibility index (Phi) is 3.53. The molecule has 0 aromatic carbocycles. The topological polar surface area (TPSA) is 53.6 Å². The van der Waals surface area contributed by atoms with Crippen molar-refractivity contribution in [3.05, 3.63) is 53.6 Å². The van der Waals surface area contributed by atoms with Gasteiger partial charge in [-0.2, -0.15) is 5.26 Å². The second kappa shape index (κ2) is 5.28. The van der Waals surface area contributed by atoms with Gasteiger partial charge >= 0.3 is 0 Å². The van der Waals surface area contributed by atoms with Gasteiger partial charge in [-0.1, -0.05) is 6.07 Å². The van der Waals surface area contributed by atoms with Crippen LogP contribution in [0.4, 0.5) is 0 Å². The maximum absolute atomic E-state index is 8.95. The molecule has 86 valence electrons. The van der Waals surface area contributed by atoms with Crippen LogP contribution in [0.25, 0.3) is 0 Å². The molecule has 0 spiro atoms. The summed E-state index contributed by atoms with van der Waals surface area (Å²) < 4.78 is 2.06. The van der Waals surface area contributed by atoms with Crippen LogP contribution in [0.2, 0.25) is 0 Å². The van der Waals surface area contributed by atoms with E-state index in [1.807, 2.05) is 25.4 Å². The normalized spacial score (nSPS) is 10.1. The molecule has 0 fully saturated rings. The maximum Gasteiger partial charge on any atom is 0.145 e. The van der Waals surface area contributed by atoms with Gasteiger partial charge in [0.2, 0.25) is 0 Å². The second-order valence-corrected chi connectivity index (χ2v) is 3.85. The van der Waals surface area contributed by atoms with Gasteiger partial charge in [0.25, 0.3) is 0 Å². The molecule has 0 aliphatic rings. The third kappa shape index (κ3) is 2.71. The van der Waals surface area contributed by atoms with Gasteiger partial charge in [-0.15, -0.1) is 0 Å². The zero-order valence-corrected chi connectivity index (χ0v) is 9.72. The number of nitriles is 1. The Morgan fingerprint density at radius 1 is 1.47 bits per heavy atom. The number of aromatic nitrogens is 2. The van der Waals surface area contributed by atoms with Crippen molar-refractivity contribution >= 4 is 0 Å². The Labute approximate surface area is 101 Å². The highest BCUT2D eigenvalue weighted by Crippen LogP contribution is 2.08. The molecule has 0 bridgehead atoms. The molecule has 0 aliphatic carbocycles. The molecule has 0 unspecified atom stereocenters. The van der Waals surface area contributed by atoms with Crippen molar-refractivity contribution in [1.82, 2.24) is 14.9 Å². The first-order valence-corrected chi connectivity index (χ1v) is 5.46. The van der Waals surface area contributed by atoms with E-state index in [0.717, 1.165) is 12.1 Å². The van der Waals surface area contributed by atoms with E-state index in [2.05, 4.69) is 33.2 Å². The minimum absolute atomic E-state index is 0.497. The summed E-state index contributed by atoms with van der Waals surface area (Å²) in [6.07, 6.45) is 5.73. The summed E-state index contributed by atoms with van der Waals surface area (Å²) in [5.74, 6) is 0. The van der Waals surface area contributed by atoms with Gasteiger partial charge < -0.3 is 9.88 Å². The van der Waals surface area contributed by atoms with Crippen LogP contribution < -0.4 is 5.32 Å². The second-order valence-electron chi connectivity index (χ2n) is 3.85. The smallest absolute Gasteiger partial charge is 0.145 e. The van der Waals surface area contributed by atoms with Crippen molar-refractivity contribution in [2.45, 2.75) is 13.1 Å². The zero-order valence-electron chi connectivity index (χ0n) is 9.72. The predicted molar refractivity (Wildman–Crippen MR) is 65.2 cm³/mol. The van der Waals surface area contributed by atoms with E-state index in [1.165, 1.54) is 5.56 Å². The van der Waals surface area contributed by atoms with Crippen LogP contribution in [0.15, 0.2) is 36.8 Å². The average Bonchev–Trinajstić information content (AvgIpc) is 2.78. The zero-order chi connectivity index (χ0) is 12.1. The number of nitrogens with one attached hydrogen (secondary N) is 1. The molecule has 0 saturated carbocycles. The van der Waals surface area contributed by atoms with Crippen molar-refractivity contribution in [2.75, 3.05) is 7.05 Å². The Balaban J connectivity index is 2.17. The minimum atomic E-state index is 0.497. The van der Waals surface area contributed by atoms with Crippen LogP contribution in [-0.4, -0.2) is 16.6 Å². The van der Waals surface area contributed by atoms with Crippen LogP contribution in [0.1, 0.15) is 16.8 Å². The fraction of sp³-hybridized carbons (Fsp3) is 0.231. The summed E-state index contributed by atoms with van der Waals surface area (Å²) in [4.78, 5) is 4.05. The lowest BCUT2D eigenvalue weighted by atomic mass is 10.2. The molecule has 2 rings (SSSR count). The highest BCUT2D eigenvalue weighted by atomic mass is 14.9. The molecule has 0 atom stereocenters. The lowest BCUT2D eigenvalue weighted by Gasteiger charge is -2.04. The van der Waals surface area contributed by atoms with Crippen LogP contribution in [-0.2, 0) is 13.1 Å². The van der Waals surface area contributed by atoms with E-state index < -0.39 is 0 Å².